The lowest BCUT2D eigenvalue weighted by atomic mass is 10.1. The van der Waals surface area contributed by atoms with Crippen molar-refractivity contribution >= 4 is 23.5 Å². The molecule has 6 nitrogen and oxygen atoms in total. The predicted molar refractivity (Wildman–Crippen MR) is 79.6 cm³/mol. The molecule has 0 atom stereocenters. The summed E-state index contributed by atoms with van der Waals surface area (Å²) in [5, 5.41) is 9.11. The summed E-state index contributed by atoms with van der Waals surface area (Å²) in [4.78, 5) is 33.1. The molecule has 1 N–H and O–H groups in total. The quantitative estimate of drug-likeness (QED) is 0.923. The van der Waals surface area contributed by atoms with Gasteiger partial charge >= 0.3 is 5.97 Å². The first-order chi connectivity index (χ1) is 9.54. The molecule has 1 amide bonds. The Kier molecular flexibility index (Phi) is 5.28. The largest absolute Gasteiger partial charge is 0.480 e. The molecule has 0 fully saturated rings. The summed E-state index contributed by atoms with van der Waals surface area (Å²) < 4.78 is 0. The van der Waals surface area contributed by atoms with Gasteiger partial charge in [0.1, 0.15) is 12.4 Å². The summed E-state index contributed by atoms with van der Waals surface area (Å²) in [6.07, 6.45) is 1.37. The molecule has 21 heavy (non-hydrogen) atoms. The molecule has 0 aromatic carbocycles. The van der Waals surface area contributed by atoms with Crippen LogP contribution in [0, 0.1) is 0 Å². The van der Waals surface area contributed by atoms with Crippen molar-refractivity contribution in [3.8, 4) is 0 Å². The number of carboxylic acids is 1. The molecule has 1 aromatic heterocycles. The van der Waals surface area contributed by atoms with E-state index in [9.17, 15) is 9.59 Å². The van der Waals surface area contributed by atoms with Crippen LogP contribution in [0.2, 0.25) is 5.02 Å². The molecule has 1 heterocycles. The van der Waals surface area contributed by atoms with Crippen molar-refractivity contribution in [2.24, 2.45) is 0 Å². The number of halogens is 1. The van der Waals surface area contributed by atoms with E-state index in [0.29, 0.717) is 5.82 Å². The highest BCUT2D eigenvalue weighted by atomic mass is 35.5. The van der Waals surface area contributed by atoms with E-state index in [-0.39, 0.29) is 16.6 Å². The van der Waals surface area contributed by atoms with Crippen LogP contribution in [0.4, 0.5) is 0 Å². The smallest absolute Gasteiger partial charge is 0.323 e. The fourth-order valence-electron chi connectivity index (χ4n) is 1.69. The van der Waals surface area contributed by atoms with E-state index in [4.69, 9.17) is 16.7 Å². The molecule has 0 spiro atoms. The van der Waals surface area contributed by atoms with Crippen molar-refractivity contribution in [2.45, 2.75) is 46.1 Å². The van der Waals surface area contributed by atoms with Crippen molar-refractivity contribution in [1.82, 2.24) is 14.9 Å². The SMILES string of the molecule is CC(C)c1ncc(Cl)c(C(=O)N(CC(=O)O)C(C)(C)C)n1. The van der Waals surface area contributed by atoms with E-state index in [1.54, 1.807) is 20.8 Å². The highest BCUT2D eigenvalue weighted by Gasteiger charge is 2.31. The molecular weight excluding hydrogens is 294 g/mol. The van der Waals surface area contributed by atoms with Crippen LogP contribution in [0.3, 0.4) is 0 Å². The number of carboxylic acid groups (broad SMARTS) is 1. The number of aliphatic carboxylic acids is 1. The Morgan fingerprint density at radius 1 is 1.38 bits per heavy atom. The van der Waals surface area contributed by atoms with Gasteiger partial charge in [-0.3, -0.25) is 9.59 Å². The Labute approximate surface area is 129 Å². The molecular formula is C14H20ClN3O3. The number of carbonyl (C=O) groups is 2. The van der Waals surface area contributed by atoms with Crippen molar-refractivity contribution in [1.29, 1.82) is 0 Å². The average Bonchev–Trinajstić information content (AvgIpc) is 2.34. The fraction of sp³-hybridized carbons (Fsp3) is 0.571. The van der Waals surface area contributed by atoms with Gasteiger partial charge in [-0.1, -0.05) is 25.4 Å². The van der Waals surface area contributed by atoms with Crippen LogP contribution in [0.5, 0.6) is 0 Å². The van der Waals surface area contributed by atoms with Crippen LogP contribution in [-0.4, -0.2) is 43.9 Å². The molecule has 0 unspecified atom stereocenters. The second-order valence-electron chi connectivity index (χ2n) is 6.04. The number of nitrogens with zero attached hydrogens (tertiary/aromatic N) is 3. The van der Waals surface area contributed by atoms with E-state index in [1.165, 1.54) is 11.1 Å². The maximum atomic E-state index is 12.6. The van der Waals surface area contributed by atoms with Gasteiger partial charge in [0.05, 0.1) is 11.2 Å². The van der Waals surface area contributed by atoms with Gasteiger partial charge in [0.15, 0.2) is 5.69 Å². The monoisotopic (exact) mass is 313 g/mol. The van der Waals surface area contributed by atoms with Crippen molar-refractivity contribution in [3.05, 3.63) is 22.7 Å². The molecule has 0 radical (unpaired) electrons. The van der Waals surface area contributed by atoms with Gasteiger partial charge < -0.3 is 10.0 Å². The maximum absolute atomic E-state index is 12.6. The van der Waals surface area contributed by atoms with Crippen LogP contribution in [-0.2, 0) is 4.79 Å². The molecule has 0 aliphatic rings. The third-order valence-electron chi connectivity index (χ3n) is 2.83. The molecule has 0 aliphatic carbocycles. The standard InChI is InChI=1S/C14H20ClN3O3/c1-8(2)12-16-6-9(15)11(17-12)13(21)18(7-10(19)20)14(3,4)5/h6,8H,7H2,1-5H3,(H,19,20). The van der Waals surface area contributed by atoms with E-state index in [0.717, 1.165) is 0 Å². The zero-order chi connectivity index (χ0) is 16.4. The van der Waals surface area contributed by atoms with Crippen LogP contribution < -0.4 is 0 Å². The molecule has 0 bridgehead atoms. The molecule has 1 rings (SSSR count). The lowest BCUT2D eigenvalue weighted by Crippen LogP contribution is -2.48. The van der Waals surface area contributed by atoms with Gasteiger partial charge in [-0.15, -0.1) is 0 Å². The van der Waals surface area contributed by atoms with Crippen molar-refractivity contribution in [3.63, 3.8) is 0 Å². The second-order valence-corrected chi connectivity index (χ2v) is 6.44. The Hall–Kier alpha value is -1.69. The summed E-state index contributed by atoms with van der Waals surface area (Å²) in [6, 6.07) is 0. The lowest BCUT2D eigenvalue weighted by molar-refractivity contribution is -0.138. The highest BCUT2D eigenvalue weighted by molar-refractivity contribution is 6.33. The van der Waals surface area contributed by atoms with Crippen LogP contribution in [0.1, 0.15) is 56.8 Å². The van der Waals surface area contributed by atoms with Crippen LogP contribution in [0.25, 0.3) is 0 Å². The normalized spacial score (nSPS) is 11.6. The number of hydrogen-bond acceptors (Lipinski definition) is 4. The minimum Gasteiger partial charge on any atom is -0.480 e. The Morgan fingerprint density at radius 3 is 2.38 bits per heavy atom. The summed E-state index contributed by atoms with van der Waals surface area (Å²) in [5.41, 5.74) is -0.631. The van der Waals surface area contributed by atoms with Gasteiger partial charge in [-0.05, 0) is 20.8 Å². The Balaban J connectivity index is 3.26. The molecule has 1 aromatic rings. The van der Waals surface area contributed by atoms with Crippen LogP contribution >= 0.6 is 11.6 Å². The van der Waals surface area contributed by atoms with E-state index in [1.807, 2.05) is 13.8 Å². The first kappa shape index (κ1) is 17.4. The summed E-state index contributed by atoms with van der Waals surface area (Å²) in [7, 11) is 0. The number of carbonyl (C=O) groups excluding carboxylic acids is 1. The third-order valence-corrected chi connectivity index (χ3v) is 3.11. The number of hydrogen-bond donors (Lipinski definition) is 1. The molecule has 0 saturated carbocycles. The average molecular weight is 314 g/mol. The minimum absolute atomic E-state index is 0.0338. The first-order valence-corrected chi connectivity index (χ1v) is 6.98. The van der Waals surface area contributed by atoms with Gasteiger partial charge in [0.2, 0.25) is 0 Å². The molecule has 0 saturated heterocycles. The van der Waals surface area contributed by atoms with E-state index < -0.39 is 24.0 Å². The summed E-state index contributed by atoms with van der Waals surface area (Å²) in [6.45, 7) is 8.65. The predicted octanol–water partition coefficient (Wildman–Crippen LogP) is 2.58. The van der Waals surface area contributed by atoms with Gasteiger partial charge in [0.25, 0.3) is 5.91 Å². The van der Waals surface area contributed by atoms with Gasteiger partial charge in [-0.25, -0.2) is 9.97 Å². The molecule has 7 heteroatoms. The fourth-order valence-corrected chi connectivity index (χ4v) is 1.86. The van der Waals surface area contributed by atoms with Crippen molar-refractivity contribution in [2.75, 3.05) is 6.54 Å². The van der Waals surface area contributed by atoms with E-state index >= 15 is 0 Å². The number of amides is 1. The number of aromatic nitrogens is 2. The van der Waals surface area contributed by atoms with Crippen molar-refractivity contribution < 1.29 is 14.7 Å². The van der Waals surface area contributed by atoms with Gasteiger partial charge in [0, 0.05) is 11.5 Å². The third kappa shape index (κ3) is 4.39. The topological polar surface area (TPSA) is 83.4 Å². The van der Waals surface area contributed by atoms with Crippen LogP contribution in [0.15, 0.2) is 6.20 Å². The summed E-state index contributed by atoms with van der Waals surface area (Å²) in [5.74, 6) is -1.07. The molecule has 116 valence electrons. The highest BCUT2D eigenvalue weighted by Crippen LogP contribution is 2.22. The zero-order valence-electron chi connectivity index (χ0n) is 12.8. The Morgan fingerprint density at radius 2 is 1.95 bits per heavy atom. The minimum atomic E-state index is -1.09. The maximum Gasteiger partial charge on any atom is 0.323 e. The Bertz CT molecular complexity index is 553. The zero-order valence-corrected chi connectivity index (χ0v) is 13.6. The first-order valence-electron chi connectivity index (χ1n) is 6.60. The molecule has 0 aliphatic heterocycles. The van der Waals surface area contributed by atoms with Gasteiger partial charge in [-0.2, -0.15) is 0 Å². The number of rotatable bonds is 4. The summed E-state index contributed by atoms with van der Waals surface area (Å²) >= 11 is 6.01. The lowest BCUT2D eigenvalue weighted by Gasteiger charge is -2.34. The van der Waals surface area contributed by atoms with E-state index in [2.05, 4.69) is 9.97 Å². The second kappa shape index (κ2) is 6.39.